The third-order valence-corrected chi connectivity index (χ3v) is 2.80. The van der Waals surface area contributed by atoms with E-state index in [0.717, 1.165) is 5.56 Å². The van der Waals surface area contributed by atoms with Gasteiger partial charge in [-0.25, -0.2) is 0 Å². The first-order valence-electron chi connectivity index (χ1n) is 5.74. The van der Waals surface area contributed by atoms with Gasteiger partial charge in [0.25, 0.3) is 0 Å². The molecule has 5 nitrogen and oxygen atoms in total. The minimum Gasteiger partial charge on any atom is -0.398 e. The van der Waals surface area contributed by atoms with Crippen LogP contribution < -0.4 is 5.73 Å². The van der Waals surface area contributed by atoms with Crippen molar-refractivity contribution < 1.29 is 9.26 Å². The molecule has 0 amide bonds. The number of nitrogen functional groups attached to an aromatic ring is 1. The van der Waals surface area contributed by atoms with Gasteiger partial charge in [-0.3, -0.25) is 0 Å². The predicted molar refractivity (Wildman–Crippen MR) is 68.9 cm³/mol. The van der Waals surface area contributed by atoms with Gasteiger partial charge in [0, 0.05) is 18.4 Å². The number of nitrogens with zero attached hydrogens (tertiary/aromatic N) is 2. The van der Waals surface area contributed by atoms with Gasteiger partial charge in [-0.05, 0) is 26.0 Å². The van der Waals surface area contributed by atoms with E-state index in [1.165, 1.54) is 0 Å². The summed E-state index contributed by atoms with van der Waals surface area (Å²) in [6.45, 7) is 3.93. The molecule has 1 heterocycles. The first kappa shape index (κ1) is 12.6. The maximum absolute atomic E-state index is 5.87. The van der Waals surface area contributed by atoms with E-state index in [4.69, 9.17) is 15.0 Å². The van der Waals surface area contributed by atoms with Gasteiger partial charge in [0.2, 0.25) is 11.7 Å². The highest BCUT2D eigenvalue weighted by Crippen LogP contribution is 2.23. The normalized spacial score (nSPS) is 11.7. The lowest BCUT2D eigenvalue weighted by molar-refractivity contribution is 0.0170. The second-order valence-electron chi connectivity index (χ2n) is 4.74. The minimum absolute atomic E-state index is 0.327. The van der Waals surface area contributed by atoms with Crippen LogP contribution in [-0.2, 0) is 11.2 Å². The second kappa shape index (κ2) is 4.78. The molecule has 1 aromatic carbocycles. The van der Waals surface area contributed by atoms with Gasteiger partial charge in [-0.2, -0.15) is 4.98 Å². The molecule has 0 aliphatic carbocycles. The van der Waals surface area contributed by atoms with E-state index in [1.807, 2.05) is 38.1 Å². The largest absolute Gasteiger partial charge is 0.398 e. The first-order valence-corrected chi connectivity index (χ1v) is 5.74. The van der Waals surface area contributed by atoms with Crippen LogP contribution in [0, 0.1) is 0 Å². The average molecular weight is 247 g/mol. The number of hydrogen-bond donors (Lipinski definition) is 1. The minimum atomic E-state index is -0.327. The molecular formula is C13H17N3O2. The molecule has 0 radical (unpaired) electrons. The Bertz CT molecular complexity index is 535. The first-order chi connectivity index (χ1) is 8.52. The predicted octanol–water partition coefficient (Wildman–Crippen LogP) is 2.29. The van der Waals surface area contributed by atoms with Crippen LogP contribution >= 0.6 is 0 Å². The van der Waals surface area contributed by atoms with Crippen LogP contribution in [0.4, 0.5) is 5.69 Å². The van der Waals surface area contributed by atoms with Crippen LogP contribution in [0.1, 0.15) is 19.7 Å². The molecule has 0 saturated heterocycles. The highest BCUT2D eigenvalue weighted by atomic mass is 16.5. The van der Waals surface area contributed by atoms with Crippen molar-refractivity contribution in [2.45, 2.75) is 25.9 Å². The number of anilines is 1. The van der Waals surface area contributed by atoms with Gasteiger partial charge >= 0.3 is 0 Å². The van der Waals surface area contributed by atoms with Gasteiger partial charge in [0.1, 0.15) is 0 Å². The van der Waals surface area contributed by atoms with Gasteiger partial charge in [-0.1, -0.05) is 17.3 Å². The van der Waals surface area contributed by atoms with Gasteiger partial charge in [0.05, 0.1) is 12.0 Å². The van der Waals surface area contributed by atoms with Crippen molar-refractivity contribution >= 4 is 5.69 Å². The van der Waals surface area contributed by atoms with E-state index in [0.29, 0.717) is 23.8 Å². The monoisotopic (exact) mass is 247 g/mol. The molecule has 18 heavy (non-hydrogen) atoms. The van der Waals surface area contributed by atoms with Crippen molar-refractivity contribution in [2.75, 3.05) is 12.8 Å². The molecule has 0 fully saturated rings. The lowest BCUT2D eigenvalue weighted by atomic mass is 10.1. The zero-order valence-corrected chi connectivity index (χ0v) is 10.8. The Morgan fingerprint density at radius 3 is 2.72 bits per heavy atom. The maximum atomic E-state index is 5.87. The van der Waals surface area contributed by atoms with E-state index in [1.54, 1.807) is 7.11 Å². The second-order valence-corrected chi connectivity index (χ2v) is 4.74. The van der Waals surface area contributed by atoms with Crippen LogP contribution in [0.15, 0.2) is 28.8 Å². The van der Waals surface area contributed by atoms with Crippen LogP contribution in [0.25, 0.3) is 11.4 Å². The fraction of sp³-hybridized carbons (Fsp3) is 0.385. The summed E-state index contributed by atoms with van der Waals surface area (Å²) in [5, 5.41) is 3.94. The molecule has 0 unspecified atom stereocenters. The standard InChI is InChI=1S/C13H17N3O2/c1-13(2,17-3)8-11-15-12(16-18-11)9-6-4-5-7-10(9)14/h4-7H,8,14H2,1-3H3. The molecule has 96 valence electrons. The molecule has 0 spiro atoms. The average Bonchev–Trinajstić information content (AvgIpc) is 2.77. The van der Waals surface area contributed by atoms with Crippen molar-refractivity contribution in [2.24, 2.45) is 0 Å². The van der Waals surface area contributed by atoms with Crippen LogP contribution in [0.5, 0.6) is 0 Å². The molecular weight excluding hydrogens is 230 g/mol. The molecule has 5 heteroatoms. The molecule has 1 aromatic heterocycles. The number of para-hydroxylation sites is 1. The summed E-state index contributed by atoms with van der Waals surface area (Å²) < 4.78 is 10.5. The van der Waals surface area contributed by atoms with Crippen LogP contribution in [0.3, 0.4) is 0 Å². The van der Waals surface area contributed by atoms with E-state index < -0.39 is 0 Å². The summed E-state index contributed by atoms with van der Waals surface area (Å²) in [6, 6.07) is 7.44. The smallest absolute Gasteiger partial charge is 0.229 e. The summed E-state index contributed by atoms with van der Waals surface area (Å²) in [5.41, 5.74) is 6.96. The van der Waals surface area contributed by atoms with E-state index in [2.05, 4.69) is 10.1 Å². The molecule has 2 aromatic rings. The number of nitrogens with two attached hydrogens (primary N) is 1. The Balaban J connectivity index is 2.24. The number of benzene rings is 1. The third-order valence-electron chi connectivity index (χ3n) is 2.80. The highest BCUT2D eigenvalue weighted by molar-refractivity contribution is 5.70. The molecule has 0 atom stereocenters. The fourth-order valence-electron chi connectivity index (χ4n) is 1.57. The number of methoxy groups -OCH3 is 1. The summed E-state index contributed by atoms with van der Waals surface area (Å²) in [6.07, 6.45) is 0.559. The van der Waals surface area contributed by atoms with Crippen molar-refractivity contribution in [1.82, 2.24) is 10.1 Å². The summed E-state index contributed by atoms with van der Waals surface area (Å²) in [4.78, 5) is 4.34. The molecule has 2 N–H and O–H groups in total. The van der Waals surface area contributed by atoms with Crippen molar-refractivity contribution in [1.29, 1.82) is 0 Å². The number of ether oxygens (including phenoxy) is 1. The summed E-state index contributed by atoms with van der Waals surface area (Å²) in [7, 11) is 1.66. The van der Waals surface area contributed by atoms with Crippen molar-refractivity contribution in [3.8, 4) is 11.4 Å². The summed E-state index contributed by atoms with van der Waals surface area (Å²) in [5.74, 6) is 1.05. The van der Waals surface area contributed by atoms with Crippen LogP contribution in [-0.4, -0.2) is 22.9 Å². The van der Waals surface area contributed by atoms with Crippen molar-refractivity contribution in [3.05, 3.63) is 30.2 Å². The molecule has 2 rings (SSSR count). The van der Waals surface area contributed by atoms with Gasteiger partial charge < -0.3 is 15.0 Å². The zero-order valence-electron chi connectivity index (χ0n) is 10.8. The number of aromatic nitrogens is 2. The molecule has 0 bridgehead atoms. The quantitative estimate of drug-likeness (QED) is 0.839. The third kappa shape index (κ3) is 2.68. The Labute approximate surface area is 106 Å². The van der Waals surface area contributed by atoms with Gasteiger partial charge in [0.15, 0.2) is 0 Å². The van der Waals surface area contributed by atoms with E-state index in [-0.39, 0.29) is 5.60 Å². The Morgan fingerprint density at radius 2 is 2.06 bits per heavy atom. The van der Waals surface area contributed by atoms with Gasteiger partial charge in [-0.15, -0.1) is 0 Å². The maximum Gasteiger partial charge on any atom is 0.229 e. The lowest BCUT2D eigenvalue weighted by Gasteiger charge is -2.19. The Morgan fingerprint density at radius 1 is 1.33 bits per heavy atom. The molecule has 0 saturated carbocycles. The van der Waals surface area contributed by atoms with Crippen molar-refractivity contribution in [3.63, 3.8) is 0 Å². The SMILES string of the molecule is COC(C)(C)Cc1nc(-c2ccccc2N)no1. The van der Waals surface area contributed by atoms with Crippen LogP contribution in [0.2, 0.25) is 0 Å². The molecule has 0 aliphatic heterocycles. The van der Waals surface area contributed by atoms with E-state index in [9.17, 15) is 0 Å². The zero-order chi connectivity index (χ0) is 13.2. The lowest BCUT2D eigenvalue weighted by Crippen LogP contribution is -2.25. The van der Waals surface area contributed by atoms with E-state index >= 15 is 0 Å². The molecule has 0 aliphatic rings. The summed E-state index contributed by atoms with van der Waals surface area (Å²) >= 11 is 0. The Hall–Kier alpha value is -1.88. The fourth-order valence-corrected chi connectivity index (χ4v) is 1.57. The topological polar surface area (TPSA) is 74.2 Å². The Kier molecular flexibility index (Phi) is 3.34. The number of rotatable bonds is 4. The number of hydrogen-bond acceptors (Lipinski definition) is 5. The highest BCUT2D eigenvalue weighted by Gasteiger charge is 2.21.